The predicted octanol–water partition coefficient (Wildman–Crippen LogP) is 2.51. The Kier molecular flexibility index (Phi) is 2.75. The summed E-state index contributed by atoms with van der Waals surface area (Å²) in [6, 6.07) is 6.53. The number of nitrogens with one attached hydrogen (secondary N) is 1. The largest absolute Gasteiger partial charge is 0.351 e. The summed E-state index contributed by atoms with van der Waals surface area (Å²) in [4.78, 5) is 11.3. The van der Waals surface area contributed by atoms with Crippen molar-refractivity contribution in [3.63, 3.8) is 0 Å². The third-order valence-corrected chi connectivity index (χ3v) is 3.42. The van der Waals surface area contributed by atoms with Gasteiger partial charge in [-0.1, -0.05) is 23.8 Å². The normalized spacial score (nSPS) is 24.6. The minimum Gasteiger partial charge on any atom is -0.351 e. The zero-order chi connectivity index (χ0) is 11.8. The van der Waals surface area contributed by atoms with Crippen LogP contribution in [0.5, 0.6) is 0 Å². The number of benzene rings is 1. The van der Waals surface area contributed by atoms with Gasteiger partial charge < -0.3 is 5.32 Å². The second kappa shape index (κ2) is 3.93. The minimum atomic E-state index is -0.0445. The van der Waals surface area contributed by atoms with E-state index in [0.29, 0.717) is 6.42 Å². The number of carbonyl (C=O) groups excluding carboxylic acids is 1. The summed E-state index contributed by atoms with van der Waals surface area (Å²) in [5, 5.41) is 3.08. The van der Waals surface area contributed by atoms with E-state index in [1.807, 2.05) is 0 Å². The van der Waals surface area contributed by atoms with Gasteiger partial charge in [0, 0.05) is 12.0 Å². The van der Waals surface area contributed by atoms with Crippen molar-refractivity contribution in [3.8, 4) is 0 Å². The molecule has 1 aromatic rings. The van der Waals surface area contributed by atoms with E-state index in [1.165, 1.54) is 16.7 Å². The molecule has 1 aliphatic rings. The van der Waals surface area contributed by atoms with E-state index in [4.69, 9.17) is 0 Å². The van der Waals surface area contributed by atoms with Crippen molar-refractivity contribution in [2.45, 2.75) is 45.6 Å². The third-order valence-electron chi connectivity index (χ3n) is 3.42. The summed E-state index contributed by atoms with van der Waals surface area (Å²) in [6.07, 6.45) is 2.55. The smallest absolute Gasteiger partial charge is 0.220 e. The molecular weight excluding hydrogens is 198 g/mol. The van der Waals surface area contributed by atoms with Gasteiger partial charge in [0.05, 0.1) is 0 Å². The summed E-state index contributed by atoms with van der Waals surface area (Å²) >= 11 is 0. The Morgan fingerprint density at radius 1 is 1.38 bits per heavy atom. The third kappa shape index (κ3) is 2.26. The zero-order valence-corrected chi connectivity index (χ0v) is 10.3. The fraction of sp³-hybridized carbons (Fsp3) is 0.500. The molecule has 1 fully saturated rings. The fourth-order valence-corrected chi connectivity index (χ4v) is 2.45. The van der Waals surface area contributed by atoms with Gasteiger partial charge in [-0.3, -0.25) is 4.79 Å². The number of hydrogen-bond donors (Lipinski definition) is 1. The molecule has 0 radical (unpaired) electrons. The van der Waals surface area contributed by atoms with Crippen LogP contribution in [0.15, 0.2) is 18.2 Å². The van der Waals surface area contributed by atoms with Crippen LogP contribution >= 0.6 is 0 Å². The highest BCUT2D eigenvalue weighted by atomic mass is 16.2. The van der Waals surface area contributed by atoms with Gasteiger partial charge in [0.1, 0.15) is 0 Å². The molecule has 0 saturated carbocycles. The Balaban J connectivity index is 2.17. The van der Waals surface area contributed by atoms with E-state index in [2.05, 4.69) is 44.3 Å². The van der Waals surface area contributed by atoms with Crippen molar-refractivity contribution in [1.29, 1.82) is 0 Å². The zero-order valence-electron chi connectivity index (χ0n) is 10.3. The minimum absolute atomic E-state index is 0.0445. The lowest BCUT2D eigenvalue weighted by molar-refractivity contribution is -0.119. The molecule has 0 aromatic heterocycles. The number of hydrogen-bond acceptors (Lipinski definition) is 1. The Morgan fingerprint density at radius 3 is 2.69 bits per heavy atom. The van der Waals surface area contributed by atoms with Crippen molar-refractivity contribution >= 4 is 5.91 Å². The Bertz CT molecular complexity index is 425. The Morgan fingerprint density at radius 2 is 2.12 bits per heavy atom. The molecule has 1 heterocycles. The highest BCUT2D eigenvalue weighted by Gasteiger charge is 2.33. The second-order valence-corrected chi connectivity index (χ2v) is 5.22. The summed E-state index contributed by atoms with van der Waals surface area (Å²) < 4.78 is 0. The molecule has 1 aliphatic heterocycles. The first kappa shape index (κ1) is 11.2. The molecule has 16 heavy (non-hydrogen) atoms. The van der Waals surface area contributed by atoms with E-state index in [0.717, 1.165) is 12.8 Å². The first-order valence-electron chi connectivity index (χ1n) is 5.86. The quantitative estimate of drug-likeness (QED) is 0.810. The molecule has 1 N–H and O–H groups in total. The standard InChI is InChI=1S/C14H19NO/c1-10-4-5-12(11(2)8-10)9-14(3)7-6-13(16)15-14/h4-5,8H,6-7,9H2,1-3H3,(H,15,16). The van der Waals surface area contributed by atoms with E-state index in [9.17, 15) is 4.79 Å². The van der Waals surface area contributed by atoms with E-state index < -0.39 is 0 Å². The molecule has 2 nitrogen and oxygen atoms in total. The monoisotopic (exact) mass is 217 g/mol. The molecule has 86 valence electrons. The van der Waals surface area contributed by atoms with Crippen LogP contribution in [0.1, 0.15) is 36.5 Å². The van der Waals surface area contributed by atoms with Crippen molar-refractivity contribution in [3.05, 3.63) is 34.9 Å². The van der Waals surface area contributed by atoms with Crippen molar-refractivity contribution in [2.75, 3.05) is 0 Å². The summed E-state index contributed by atoms with van der Waals surface area (Å²) in [5.74, 6) is 0.187. The van der Waals surface area contributed by atoms with Crippen LogP contribution in [0.4, 0.5) is 0 Å². The highest BCUT2D eigenvalue weighted by Crippen LogP contribution is 2.25. The molecule has 2 rings (SSSR count). The fourth-order valence-electron chi connectivity index (χ4n) is 2.45. The molecule has 1 aromatic carbocycles. The molecule has 0 bridgehead atoms. The van der Waals surface area contributed by atoms with Gasteiger partial charge in [0.25, 0.3) is 0 Å². The van der Waals surface area contributed by atoms with Gasteiger partial charge >= 0.3 is 0 Å². The Labute approximate surface area is 97.1 Å². The van der Waals surface area contributed by atoms with Crippen LogP contribution < -0.4 is 5.32 Å². The lowest BCUT2D eigenvalue weighted by Crippen LogP contribution is -2.40. The first-order valence-corrected chi connectivity index (χ1v) is 5.86. The van der Waals surface area contributed by atoms with Gasteiger partial charge in [-0.15, -0.1) is 0 Å². The maximum atomic E-state index is 11.3. The summed E-state index contributed by atoms with van der Waals surface area (Å²) in [6.45, 7) is 6.38. The summed E-state index contributed by atoms with van der Waals surface area (Å²) in [5.41, 5.74) is 3.91. The molecule has 1 saturated heterocycles. The first-order chi connectivity index (χ1) is 7.48. The van der Waals surface area contributed by atoms with Crippen LogP contribution in [0, 0.1) is 13.8 Å². The van der Waals surface area contributed by atoms with Crippen LogP contribution in [0.3, 0.4) is 0 Å². The van der Waals surface area contributed by atoms with Crippen LogP contribution in [-0.4, -0.2) is 11.4 Å². The van der Waals surface area contributed by atoms with Gasteiger partial charge in [-0.2, -0.15) is 0 Å². The maximum absolute atomic E-state index is 11.3. The topological polar surface area (TPSA) is 29.1 Å². The predicted molar refractivity (Wildman–Crippen MR) is 65.4 cm³/mol. The highest BCUT2D eigenvalue weighted by molar-refractivity contribution is 5.79. The SMILES string of the molecule is Cc1ccc(CC2(C)CCC(=O)N2)c(C)c1. The van der Waals surface area contributed by atoms with Crippen molar-refractivity contribution in [2.24, 2.45) is 0 Å². The molecule has 0 aliphatic carbocycles. The van der Waals surface area contributed by atoms with Gasteiger partial charge in [0.2, 0.25) is 5.91 Å². The lowest BCUT2D eigenvalue weighted by Gasteiger charge is -2.25. The molecule has 1 atom stereocenters. The van der Waals surface area contributed by atoms with Gasteiger partial charge in [0.15, 0.2) is 0 Å². The van der Waals surface area contributed by atoms with Crippen LogP contribution in [-0.2, 0) is 11.2 Å². The van der Waals surface area contributed by atoms with E-state index >= 15 is 0 Å². The molecule has 2 heteroatoms. The van der Waals surface area contributed by atoms with Crippen molar-refractivity contribution in [1.82, 2.24) is 5.32 Å². The lowest BCUT2D eigenvalue weighted by atomic mass is 9.89. The number of carbonyl (C=O) groups is 1. The Hall–Kier alpha value is -1.31. The van der Waals surface area contributed by atoms with Gasteiger partial charge in [-0.25, -0.2) is 0 Å². The number of aryl methyl sites for hydroxylation is 2. The molecule has 0 spiro atoms. The summed E-state index contributed by atoms with van der Waals surface area (Å²) in [7, 11) is 0. The number of amides is 1. The van der Waals surface area contributed by atoms with Crippen LogP contribution in [0.2, 0.25) is 0 Å². The molecule has 1 unspecified atom stereocenters. The molecular formula is C14H19NO. The van der Waals surface area contributed by atoms with Crippen LogP contribution in [0.25, 0.3) is 0 Å². The molecule has 1 amide bonds. The second-order valence-electron chi connectivity index (χ2n) is 5.22. The van der Waals surface area contributed by atoms with E-state index in [1.54, 1.807) is 0 Å². The van der Waals surface area contributed by atoms with E-state index in [-0.39, 0.29) is 11.4 Å². The van der Waals surface area contributed by atoms with Crippen molar-refractivity contribution < 1.29 is 4.79 Å². The average molecular weight is 217 g/mol. The maximum Gasteiger partial charge on any atom is 0.220 e. The van der Waals surface area contributed by atoms with Gasteiger partial charge in [-0.05, 0) is 44.7 Å². The average Bonchev–Trinajstić information content (AvgIpc) is 2.52. The number of rotatable bonds is 2.